The van der Waals surface area contributed by atoms with E-state index in [9.17, 15) is 9.59 Å². The van der Waals surface area contributed by atoms with Gasteiger partial charge in [-0.05, 0) is 53.6 Å². The lowest BCUT2D eigenvalue weighted by Crippen LogP contribution is -2.28. The first-order chi connectivity index (χ1) is 13.3. The molecule has 0 unspecified atom stereocenters. The van der Waals surface area contributed by atoms with Gasteiger partial charge in [0.15, 0.2) is 0 Å². The minimum absolute atomic E-state index is 0.0780. The van der Waals surface area contributed by atoms with Gasteiger partial charge in [-0.15, -0.1) is 11.8 Å². The van der Waals surface area contributed by atoms with Crippen molar-refractivity contribution in [2.75, 3.05) is 16.0 Å². The fourth-order valence-electron chi connectivity index (χ4n) is 3.43. The van der Waals surface area contributed by atoms with Crippen LogP contribution in [0.5, 0.6) is 0 Å². The van der Waals surface area contributed by atoms with E-state index in [0.29, 0.717) is 5.75 Å². The summed E-state index contributed by atoms with van der Waals surface area (Å²) in [5.41, 5.74) is 4.08. The molecule has 1 aliphatic carbocycles. The van der Waals surface area contributed by atoms with Crippen molar-refractivity contribution in [1.82, 2.24) is 0 Å². The van der Waals surface area contributed by atoms with Gasteiger partial charge in [0.2, 0.25) is 11.8 Å². The molecule has 5 heteroatoms. The van der Waals surface area contributed by atoms with Crippen molar-refractivity contribution in [3.8, 4) is 0 Å². The van der Waals surface area contributed by atoms with E-state index >= 15 is 0 Å². The first-order valence-electron chi connectivity index (χ1n) is 9.78. The summed E-state index contributed by atoms with van der Waals surface area (Å²) in [6.07, 6.45) is 1.97. The van der Waals surface area contributed by atoms with Crippen molar-refractivity contribution in [2.45, 2.75) is 44.4 Å². The van der Waals surface area contributed by atoms with Gasteiger partial charge in [0, 0.05) is 17.3 Å². The Labute approximate surface area is 170 Å². The van der Waals surface area contributed by atoms with Crippen molar-refractivity contribution in [1.29, 1.82) is 0 Å². The molecule has 2 amide bonds. The largest absolute Gasteiger partial charge is 0.326 e. The third kappa shape index (κ3) is 3.95. The summed E-state index contributed by atoms with van der Waals surface area (Å²) in [5.74, 6) is 0.849. The van der Waals surface area contributed by atoms with Crippen LogP contribution in [0.2, 0.25) is 0 Å². The van der Waals surface area contributed by atoms with Crippen LogP contribution in [0.3, 0.4) is 0 Å². The zero-order chi connectivity index (χ0) is 19.9. The second-order valence-electron chi connectivity index (χ2n) is 8.61. The monoisotopic (exact) mass is 394 g/mol. The van der Waals surface area contributed by atoms with Crippen LogP contribution in [-0.4, -0.2) is 17.6 Å². The summed E-state index contributed by atoms with van der Waals surface area (Å²) in [5, 5.41) is 2.93. The summed E-state index contributed by atoms with van der Waals surface area (Å²) >= 11 is 1.63. The number of rotatable bonds is 4. The predicted octanol–water partition coefficient (Wildman–Crippen LogP) is 5.11. The van der Waals surface area contributed by atoms with Crippen molar-refractivity contribution in [3.63, 3.8) is 0 Å². The highest BCUT2D eigenvalue weighted by Gasteiger charge is 2.34. The highest BCUT2D eigenvalue weighted by Crippen LogP contribution is 2.42. The lowest BCUT2D eigenvalue weighted by molar-refractivity contribution is -0.117. The molecule has 0 radical (unpaired) electrons. The summed E-state index contributed by atoms with van der Waals surface area (Å²) < 4.78 is 0. The molecule has 0 bridgehead atoms. The van der Waals surface area contributed by atoms with E-state index in [1.54, 1.807) is 11.8 Å². The zero-order valence-electron chi connectivity index (χ0n) is 16.6. The van der Waals surface area contributed by atoms with Crippen LogP contribution >= 0.6 is 11.8 Å². The second-order valence-corrected chi connectivity index (χ2v) is 9.68. The van der Waals surface area contributed by atoms with Gasteiger partial charge in [0.05, 0.1) is 5.75 Å². The molecule has 1 N–H and O–H groups in total. The smallest absolute Gasteiger partial charge is 0.238 e. The molecule has 1 aliphatic heterocycles. The highest BCUT2D eigenvalue weighted by atomic mass is 32.2. The molecule has 2 fully saturated rings. The van der Waals surface area contributed by atoms with Crippen molar-refractivity contribution in [2.24, 2.45) is 5.92 Å². The maximum atomic E-state index is 12.6. The first-order valence-corrected chi connectivity index (χ1v) is 10.8. The number of hydrogen-bond acceptors (Lipinski definition) is 3. The van der Waals surface area contributed by atoms with E-state index < -0.39 is 0 Å². The number of carbonyl (C=O) groups is 2. The standard InChI is InChI=1S/C23H26N2O2S/c1-23(2,3)17-9-11-19(12-10-17)25-20(26)14-28-22(25)16-5-4-6-18(13-16)24-21(27)15-7-8-15/h4-6,9-13,15,22H,7-8,14H2,1-3H3,(H,24,27)/t22-/m0/s1. The Bertz CT molecular complexity index is 898. The van der Waals surface area contributed by atoms with E-state index in [2.05, 4.69) is 38.2 Å². The number of benzene rings is 2. The molecular weight excluding hydrogens is 368 g/mol. The normalized spacial score (nSPS) is 19.8. The third-order valence-electron chi connectivity index (χ3n) is 5.27. The molecule has 2 aromatic carbocycles. The molecule has 2 aromatic rings. The second kappa shape index (κ2) is 7.28. The molecule has 1 atom stereocenters. The average molecular weight is 395 g/mol. The Morgan fingerprint density at radius 2 is 1.82 bits per heavy atom. The highest BCUT2D eigenvalue weighted by molar-refractivity contribution is 8.00. The number of anilines is 2. The predicted molar refractivity (Wildman–Crippen MR) is 116 cm³/mol. The van der Waals surface area contributed by atoms with Gasteiger partial charge >= 0.3 is 0 Å². The number of thioether (sulfide) groups is 1. The number of nitrogens with zero attached hydrogens (tertiary/aromatic N) is 1. The Kier molecular flexibility index (Phi) is 4.96. The molecule has 1 saturated heterocycles. The van der Waals surface area contributed by atoms with Crippen LogP contribution in [0.15, 0.2) is 48.5 Å². The molecular formula is C23H26N2O2S. The molecule has 146 valence electrons. The molecule has 28 heavy (non-hydrogen) atoms. The summed E-state index contributed by atoms with van der Waals surface area (Å²) in [6, 6.07) is 16.2. The SMILES string of the molecule is CC(C)(C)c1ccc(N2C(=O)CS[C@H]2c2cccc(NC(=O)C3CC3)c2)cc1. The Balaban J connectivity index is 1.58. The fourth-order valence-corrected chi connectivity index (χ4v) is 4.60. The van der Waals surface area contributed by atoms with Crippen LogP contribution < -0.4 is 10.2 Å². The van der Waals surface area contributed by atoms with Gasteiger partial charge in [-0.3, -0.25) is 14.5 Å². The van der Waals surface area contributed by atoms with E-state index in [1.807, 2.05) is 41.3 Å². The van der Waals surface area contributed by atoms with Crippen LogP contribution in [0.1, 0.15) is 50.1 Å². The van der Waals surface area contributed by atoms with E-state index in [1.165, 1.54) is 5.56 Å². The van der Waals surface area contributed by atoms with Gasteiger partial charge < -0.3 is 5.32 Å². The Morgan fingerprint density at radius 1 is 1.11 bits per heavy atom. The quantitative estimate of drug-likeness (QED) is 0.784. The average Bonchev–Trinajstić information content (AvgIpc) is 3.44. The molecule has 2 aliphatic rings. The summed E-state index contributed by atoms with van der Waals surface area (Å²) in [6.45, 7) is 6.55. The van der Waals surface area contributed by atoms with Gasteiger partial charge in [-0.2, -0.15) is 0 Å². The van der Waals surface area contributed by atoms with Crippen LogP contribution in [0, 0.1) is 5.92 Å². The minimum Gasteiger partial charge on any atom is -0.326 e. The van der Waals surface area contributed by atoms with Crippen LogP contribution in [-0.2, 0) is 15.0 Å². The Hall–Kier alpha value is -2.27. The van der Waals surface area contributed by atoms with Crippen LogP contribution in [0.25, 0.3) is 0 Å². The topological polar surface area (TPSA) is 49.4 Å². The number of carbonyl (C=O) groups excluding carboxylic acids is 2. The molecule has 1 saturated carbocycles. The van der Waals surface area contributed by atoms with E-state index in [0.717, 1.165) is 29.8 Å². The maximum absolute atomic E-state index is 12.6. The lowest BCUT2D eigenvalue weighted by Gasteiger charge is -2.26. The van der Waals surface area contributed by atoms with Gasteiger partial charge in [0.1, 0.15) is 5.37 Å². The van der Waals surface area contributed by atoms with Gasteiger partial charge in [-0.1, -0.05) is 45.0 Å². The number of amides is 2. The van der Waals surface area contributed by atoms with Gasteiger partial charge in [0.25, 0.3) is 0 Å². The summed E-state index contributed by atoms with van der Waals surface area (Å²) in [4.78, 5) is 26.6. The number of nitrogens with one attached hydrogen (secondary N) is 1. The number of hydrogen-bond donors (Lipinski definition) is 1. The molecule has 0 aromatic heterocycles. The zero-order valence-corrected chi connectivity index (χ0v) is 17.4. The third-order valence-corrected chi connectivity index (χ3v) is 6.48. The van der Waals surface area contributed by atoms with Crippen molar-refractivity contribution >= 4 is 35.0 Å². The maximum Gasteiger partial charge on any atom is 0.238 e. The molecule has 4 rings (SSSR count). The summed E-state index contributed by atoms with van der Waals surface area (Å²) in [7, 11) is 0. The molecule has 0 spiro atoms. The van der Waals surface area contributed by atoms with Gasteiger partial charge in [-0.25, -0.2) is 0 Å². The lowest BCUT2D eigenvalue weighted by atomic mass is 9.87. The molecule has 4 nitrogen and oxygen atoms in total. The van der Waals surface area contributed by atoms with E-state index in [4.69, 9.17) is 0 Å². The van der Waals surface area contributed by atoms with Crippen molar-refractivity contribution in [3.05, 3.63) is 59.7 Å². The fraction of sp³-hybridized carbons (Fsp3) is 0.391. The Morgan fingerprint density at radius 3 is 2.46 bits per heavy atom. The van der Waals surface area contributed by atoms with Crippen LogP contribution in [0.4, 0.5) is 11.4 Å². The first kappa shape index (κ1) is 19.1. The van der Waals surface area contributed by atoms with Crippen molar-refractivity contribution < 1.29 is 9.59 Å². The molecule has 1 heterocycles. The van der Waals surface area contributed by atoms with E-state index in [-0.39, 0.29) is 28.5 Å². The minimum atomic E-state index is -0.0780.